The molecule has 0 spiro atoms. The number of carboxylic acids is 1. The number of hydrogen-bond donors (Lipinski definition) is 1. The predicted molar refractivity (Wildman–Crippen MR) is 98.9 cm³/mol. The molecule has 128 valence electrons. The Morgan fingerprint density at radius 2 is 1.92 bits per heavy atom. The fourth-order valence-electron chi connectivity index (χ4n) is 2.85. The van der Waals surface area contributed by atoms with Crippen molar-refractivity contribution in [2.45, 2.75) is 26.2 Å². The minimum atomic E-state index is -1.02. The summed E-state index contributed by atoms with van der Waals surface area (Å²) in [5.41, 5.74) is 4.15. The van der Waals surface area contributed by atoms with Gasteiger partial charge in [-0.3, -0.25) is 0 Å². The molecule has 0 atom stereocenters. The average molecular weight is 335 g/mol. The van der Waals surface area contributed by atoms with Gasteiger partial charge in [-0.05, 0) is 41.7 Å². The van der Waals surface area contributed by atoms with Crippen molar-refractivity contribution >= 4 is 16.9 Å². The van der Waals surface area contributed by atoms with E-state index in [9.17, 15) is 4.79 Å². The Kier molecular flexibility index (Phi) is 5.29. The van der Waals surface area contributed by atoms with Crippen molar-refractivity contribution in [3.05, 3.63) is 60.2 Å². The summed E-state index contributed by atoms with van der Waals surface area (Å²) in [5.74, 6) is -0.687. The van der Waals surface area contributed by atoms with E-state index in [1.165, 1.54) is 5.56 Å². The summed E-state index contributed by atoms with van der Waals surface area (Å²) in [6, 6.07) is 18.1. The van der Waals surface area contributed by atoms with Gasteiger partial charge in [0, 0.05) is 11.5 Å². The van der Waals surface area contributed by atoms with E-state index in [1.54, 1.807) is 0 Å². The van der Waals surface area contributed by atoms with Crippen LogP contribution in [-0.2, 0) is 11.2 Å². The van der Waals surface area contributed by atoms with Gasteiger partial charge in [-0.25, -0.2) is 9.78 Å². The molecule has 0 unspecified atom stereocenters. The monoisotopic (exact) mass is 335 g/mol. The SMILES string of the molecule is CCCCc1ccc2nc(OCC(=O)O)cc(-c3ccccc3)c2c1. The van der Waals surface area contributed by atoms with Crippen LogP contribution in [0.15, 0.2) is 54.6 Å². The van der Waals surface area contributed by atoms with Crippen LogP contribution < -0.4 is 4.74 Å². The Bertz CT molecular complexity index is 875. The Morgan fingerprint density at radius 1 is 1.12 bits per heavy atom. The van der Waals surface area contributed by atoms with Crippen molar-refractivity contribution in [2.75, 3.05) is 6.61 Å². The summed E-state index contributed by atoms with van der Waals surface area (Å²) in [6.07, 6.45) is 3.35. The Labute approximate surface area is 147 Å². The molecule has 0 bridgehead atoms. The zero-order valence-electron chi connectivity index (χ0n) is 14.2. The zero-order valence-corrected chi connectivity index (χ0v) is 14.2. The number of fused-ring (bicyclic) bond motifs is 1. The number of nitrogens with zero attached hydrogens (tertiary/aromatic N) is 1. The van der Waals surface area contributed by atoms with Gasteiger partial charge in [0.2, 0.25) is 5.88 Å². The van der Waals surface area contributed by atoms with E-state index in [4.69, 9.17) is 9.84 Å². The third-order valence-corrected chi connectivity index (χ3v) is 4.10. The first-order valence-electron chi connectivity index (χ1n) is 8.51. The minimum Gasteiger partial charge on any atom is -0.479 e. The smallest absolute Gasteiger partial charge is 0.341 e. The van der Waals surface area contributed by atoms with E-state index in [0.717, 1.165) is 41.3 Å². The van der Waals surface area contributed by atoms with Crippen LogP contribution in [0.25, 0.3) is 22.0 Å². The second-order valence-corrected chi connectivity index (χ2v) is 6.01. The third-order valence-electron chi connectivity index (χ3n) is 4.10. The molecule has 0 amide bonds. The molecule has 4 heteroatoms. The van der Waals surface area contributed by atoms with Crippen LogP contribution in [0, 0.1) is 0 Å². The Balaban J connectivity index is 2.10. The number of benzene rings is 2. The second-order valence-electron chi connectivity index (χ2n) is 6.01. The number of carboxylic acid groups (broad SMARTS) is 1. The number of aliphatic carboxylic acids is 1. The minimum absolute atomic E-state index is 0.329. The molecule has 0 saturated carbocycles. The van der Waals surface area contributed by atoms with Crippen LogP contribution in [0.4, 0.5) is 0 Å². The van der Waals surface area contributed by atoms with Crippen LogP contribution in [0.3, 0.4) is 0 Å². The highest BCUT2D eigenvalue weighted by Gasteiger charge is 2.11. The van der Waals surface area contributed by atoms with Crippen LogP contribution in [0.2, 0.25) is 0 Å². The van der Waals surface area contributed by atoms with Crippen molar-refractivity contribution in [1.29, 1.82) is 0 Å². The topological polar surface area (TPSA) is 59.4 Å². The molecule has 3 rings (SSSR count). The molecule has 4 nitrogen and oxygen atoms in total. The van der Waals surface area contributed by atoms with E-state index in [2.05, 4.69) is 24.0 Å². The molecule has 0 aliphatic carbocycles. The fourth-order valence-corrected chi connectivity index (χ4v) is 2.85. The maximum absolute atomic E-state index is 10.8. The molecule has 0 saturated heterocycles. The fraction of sp³-hybridized carbons (Fsp3) is 0.238. The summed E-state index contributed by atoms with van der Waals surface area (Å²) in [4.78, 5) is 15.3. The first-order chi connectivity index (χ1) is 12.2. The van der Waals surface area contributed by atoms with Crippen molar-refractivity contribution in [3.8, 4) is 17.0 Å². The largest absolute Gasteiger partial charge is 0.479 e. The normalized spacial score (nSPS) is 10.8. The molecule has 3 aromatic rings. The lowest BCUT2D eigenvalue weighted by atomic mass is 9.98. The van der Waals surface area contributed by atoms with Gasteiger partial charge in [-0.2, -0.15) is 0 Å². The van der Waals surface area contributed by atoms with Crippen LogP contribution >= 0.6 is 0 Å². The summed E-state index contributed by atoms with van der Waals surface area (Å²) in [7, 11) is 0. The van der Waals surface area contributed by atoms with E-state index in [1.807, 2.05) is 42.5 Å². The molecule has 0 aliphatic rings. The highest BCUT2D eigenvalue weighted by atomic mass is 16.5. The van der Waals surface area contributed by atoms with Gasteiger partial charge in [0.05, 0.1) is 5.52 Å². The number of rotatable bonds is 7. The zero-order chi connectivity index (χ0) is 17.6. The summed E-state index contributed by atoms with van der Waals surface area (Å²) in [5, 5.41) is 9.90. The molecule has 25 heavy (non-hydrogen) atoms. The number of carbonyl (C=O) groups is 1. The lowest BCUT2D eigenvalue weighted by Crippen LogP contribution is -2.10. The molecule has 0 radical (unpaired) electrons. The van der Waals surface area contributed by atoms with Crippen molar-refractivity contribution < 1.29 is 14.6 Å². The molecular weight excluding hydrogens is 314 g/mol. The lowest BCUT2D eigenvalue weighted by molar-refractivity contribution is -0.139. The van der Waals surface area contributed by atoms with Gasteiger partial charge in [0.15, 0.2) is 6.61 Å². The van der Waals surface area contributed by atoms with Crippen LogP contribution in [-0.4, -0.2) is 22.7 Å². The van der Waals surface area contributed by atoms with E-state index in [-0.39, 0.29) is 0 Å². The van der Waals surface area contributed by atoms with Crippen LogP contribution in [0.1, 0.15) is 25.3 Å². The van der Waals surface area contributed by atoms with Gasteiger partial charge in [-0.15, -0.1) is 0 Å². The van der Waals surface area contributed by atoms with Gasteiger partial charge in [-0.1, -0.05) is 49.7 Å². The maximum Gasteiger partial charge on any atom is 0.341 e. The number of hydrogen-bond acceptors (Lipinski definition) is 3. The Morgan fingerprint density at radius 3 is 2.64 bits per heavy atom. The number of aryl methyl sites for hydroxylation is 1. The maximum atomic E-state index is 10.8. The van der Waals surface area contributed by atoms with Crippen LogP contribution in [0.5, 0.6) is 5.88 Å². The van der Waals surface area contributed by atoms with Gasteiger partial charge in [0.25, 0.3) is 0 Å². The van der Waals surface area contributed by atoms with E-state index in [0.29, 0.717) is 5.88 Å². The quantitative estimate of drug-likeness (QED) is 0.679. The highest BCUT2D eigenvalue weighted by molar-refractivity contribution is 5.95. The molecule has 1 heterocycles. The molecule has 1 N–H and O–H groups in total. The summed E-state index contributed by atoms with van der Waals surface area (Å²) in [6.45, 7) is 1.78. The molecule has 0 aliphatic heterocycles. The highest BCUT2D eigenvalue weighted by Crippen LogP contribution is 2.32. The van der Waals surface area contributed by atoms with E-state index >= 15 is 0 Å². The molecule has 1 aromatic heterocycles. The predicted octanol–water partition coefficient (Wildman–Crippen LogP) is 4.71. The number of aromatic nitrogens is 1. The first kappa shape index (κ1) is 17.0. The molecular formula is C21H21NO3. The third kappa shape index (κ3) is 4.15. The van der Waals surface area contributed by atoms with Crippen molar-refractivity contribution in [3.63, 3.8) is 0 Å². The van der Waals surface area contributed by atoms with Gasteiger partial charge < -0.3 is 9.84 Å². The standard InChI is InChI=1S/C21H21NO3/c1-2-3-7-15-10-11-19-18(12-15)17(16-8-5-4-6-9-16)13-20(22-19)25-14-21(23)24/h4-6,8-13H,2-3,7,14H2,1H3,(H,23,24). The Hall–Kier alpha value is -2.88. The lowest BCUT2D eigenvalue weighted by Gasteiger charge is -2.12. The second kappa shape index (κ2) is 7.79. The molecule has 0 fully saturated rings. The van der Waals surface area contributed by atoms with E-state index < -0.39 is 12.6 Å². The first-order valence-corrected chi connectivity index (χ1v) is 8.51. The van der Waals surface area contributed by atoms with Crippen molar-refractivity contribution in [2.24, 2.45) is 0 Å². The number of ether oxygens (including phenoxy) is 1. The number of pyridine rings is 1. The average Bonchev–Trinajstić information content (AvgIpc) is 2.64. The number of unbranched alkanes of at least 4 members (excludes halogenated alkanes) is 1. The van der Waals surface area contributed by atoms with Crippen molar-refractivity contribution in [1.82, 2.24) is 4.98 Å². The summed E-state index contributed by atoms with van der Waals surface area (Å²) >= 11 is 0. The summed E-state index contributed by atoms with van der Waals surface area (Å²) < 4.78 is 5.32. The van der Waals surface area contributed by atoms with Gasteiger partial charge >= 0.3 is 5.97 Å². The van der Waals surface area contributed by atoms with Gasteiger partial charge in [0.1, 0.15) is 0 Å². The molecule has 2 aromatic carbocycles.